The van der Waals surface area contributed by atoms with Crippen LogP contribution in [0.4, 0.5) is 0 Å². The number of carbonyl (C=O) groups is 1. The fraction of sp³-hybridized carbons (Fsp3) is 0.364. The molecule has 0 spiro atoms. The summed E-state index contributed by atoms with van der Waals surface area (Å²) < 4.78 is 0. The van der Waals surface area contributed by atoms with Gasteiger partial charge in [-0.2, -0.15) is 5.10 Å². The highest BCUT2D eigenvalue weighted by atomic mass is 32.1. The Bertz CT molecular complexity index is 509. The molecular weight excluding hydrogens is 252 g/mol. The summed E-state index contributed by atoms with van der Waals surface area (Å²) in [5.41, 5.74) is 0. The van der Waals surface area contributed by atoms with E-state index in [-0.39, 0.29) is 12.5 Å². The summed E-state index contributed by atoms with van der Waals surface area (Å²) in [5, 5.41) is 18.6. The first kappa shape index (κ1) is 12.7. The van der Waals surface area contributed by atoms with E-state index < -0.39 is 5.97 Å². The van der Waals surface area contributed by atoms with Crippen molar-refractivity contribution >= 4 is 17.3 Å². The molecule has 18 heavy (non-hydrogen) atoms. The number of H-pyrrole nitrogens is 1. The maximum absolute atomic E-state index is 10.6. The van der Waals surface area contributed by atoms with Crippen LogP contribution in [0.15, 0.2) is 18.5 Å². The second-order valence-electron chi connectivity index (χ2n) is 3.91. The van der Waals surface area contributed by atoms with Crippen LogP contribution in [-0.2, 0) is 17.8 Å². The zero-order valence-corrected chi connectivity index (χ0v) is 10.7. The van der Waals surface area contributed by atoms with Crippen LogP contribution >= 0.6 is 11.3 Å². The Morgan fingerprint density at radius 3 is 3.00 bits per heavy atom. The minimum atomic E-state index is -0.800. The van der Waals surface area contributed by atoms with Crippen molar-refractivity contribution in [2.45, 2.75) is 25.9 Å². The lowest BCUT2D eigenvalue weighted by Gasteiger charge is -2.09. The van der Waals surface area contributed by atoms with Crippen LogP contribution in [0.25, 0.3) is 0 Å². The van der Waals surface area contributed by atoms with Crippen LogP contribution in [0.5, 0.6) is 0 Å². The number of nitrogens with zero attached hydrogens (tertiary/aromatic N) is 2. The molecule has 96 valence electrons. The van der Waals surface area contributed by atoms with Gasteiger partial charge >= 0.3 is 5.97 Å². The van der Waals surface area contributed by atoms with Crippen LogP contribution in [0.2, 0.25) is 0 Å². The van der Waals surface area contributed by atoms with E-state index in [9.17, 15) is 4.79 Å². The standard InChI is InChI=1S/C11H14N4O2S/c1-7(11-13-6-14-15-11)12-5-9-3-2-8(18-9)4-10(16)17/h2-3,6-7,12H,4-5H2,1H3,(H,16,17)(H,13,14,15). The molecule has 0 aromatic carbocycles. The second-order valence-corrected chi connectivity index (χ2v) is 5.16. The molecular formula is C11H14N4O2S. The summed E-state index contributed by atoms with van der Waals surface area (Å²) in [6.45, 7) is 2.68. The molecule has 0 amide bonds. The van der Waals surface area contributed by atoms with E-state index in [1.807, 2.05) is 19.1 Å². The van der Waals surface area contributed by atoms with Crippen molar-refractivity contribution in [2.75, 3.05) is 0 Å². The zero-order chi connectivity index (χ0) is 13.0. The number of nitrogens with one attached hydrogen (secondary N) is 2. The molecule has 7 heteroatoms. The van der Waals surface area contributed by atoms with Gasteiger partial charge in [-0.05, 0) is 19.1 Å². The molecule has 1 atom stereocenters. The van der Waals surface area contributed by atoms with E-state index >= 15 is 0 Å². The molecule has 0 saturated heterocycles. The molecule has 0 fully saturated rings. The lowest BCUT2D eigenvalue weighted by Crippen LogP contribution is -2.18. The Balaban J connectivity index is 1.86. The van der Waals surface area contributed by atoms with Gasteiger partial charge in [0.05, 0.1) is 12.5 Å². The highest BCUT2D eigenvalue weighted by Crippen LogP contribution is 2.18. The molecule has 0 saturated carbocycles. The van der Waals surface area contributed by atoms with E-state index in [0.29, 0.717) is 6.54 Å². The van der Waals surface area contributed by atoms with Crippen molar-refractivity contribution in [1.82, 2.24) is 20.5 Å². The largest absolute Gasteiger partial charge is 0.481 e. The Hall–Kier alpha value is -1.73. The lowest BCUT2D eigenvalue weighted by molar-refractivity contribution is -0.136. The maximum atomic E-state index is 10.6. The number of hydrogen-bond acceptors (Lipinski definition) is 5. The molecule has 2 rings (SSSR count). The molecule has 1 unspecified atom stereocenters. The van der Waals surface area contributed by atoms with Crippen molar-refractivity contribution in [2.24, 2.45) is 0 Å². The van der Waals surface area contributed by atoms with Crippen molar-refractivity contribution in [3.05, 3.63) is 34.0 Å². The molecule has 0 aliphatic rings. The number of thiophene rings is 1. The van der Waals surface area contributed by atoms with Gasteiger partial charge in [-0.15, -0.1) is 11.3 Å². The first-order valence-corrected chi connectivity index (χ1v) is 6.35. The first-order chi connectivity index (χ1) is 8.65. The normalized spacial score (nSPS) is 12.5. The lowest BCUT2D eigenvalue weighted by atomic mass is 10.3. The fourth-order valence-electron chi connectivity index (χ4n) is 1.54. The van der Waals surface area contributed by atoms with Gasteiger partial charge in [0.2, 0.25) is 0 Å². The summed E-state index contributed by atoms with van der Waals surface area (Å²) in [6, 6.07) is 3.88. The van der Waals surface area contributed by atoms with Crippen LogP contribution < -0.4 is 5.32 Å². The fourth-order valence-corrected chi connectivity index (χ4v) is 2.50. The van der Waals surface area contributed by atoms with Crippen molar-refractivity contribution in [3.8, 4) is 0 Å². The van der Waals surface area contributed by atoms with Crippen molar-refractivity contribution < 1.29 is 9.90 Å². The minimum Gasteiger partial charge on any atom is -0.481 e. The Kier molecular flexibility index (Phi) is 4.06. The minimum absolute atomic E-state index is 0.0810. The van der Waals surface area contributed by atoms with E-state index in [1.165, 1.54) is 17.7 Å². The quantitative estimate of drug-likeness (QED) is 0.734. The number of rotatable bonds is 6. The molecule has 0 bridgehead atoms. The molecule has 0 aliphatic heterocycles. The molecule has 3 N–H and O–H groups in total. The van der Waals surface area contributed by atoms with Crippen LogP contribution in [0.1, 0.15) is 28.5 Å². The first-order valence-electron chi connectivity index (χ1n) is 5.53. The van der Waals surface area contributed by atoms with Gasteiger partial charge in [0, 0.05) is 16.3 Å². The van der Waals surface area contributed by atoms with Gasteiger partial charge in [0.15, 0.2) is 0 Å². The van der Waals surface area contributed by atoms with Gasteiger partial charge in [-0.25, -0.2) is 4.98 Å². The molecule has 6 nitrogen and oxygen atoms in total. The van der Waals surface area contributed by atoms with Crippen LogP contribution in [0.3, 0.4) is 0 Å². The highest BCUT2D eigenvalue weighted by molar-refractivity contribution is 7.12. The van der Waals surface area contributed by atoms with Gasteiger partial charge in [-0.1, -0.05) is 0 Å². The number of aliphatic carboxylic acids is 1. The van der Waals surface area contributed by atoms with Crippen molar-refractivity contribution in [3.63, 3.8) is 0 Å². The number of aromatic nitrogens is 3. The van der Waals surface area contributed by atoms with Gasteiger partial charge < -0.3 is 10.4 Å². The third kappa shape index (κ3) is 3.38. The summed E-state index contributed by atoms with van der Waals surface area (Å²) in [7, 11) is 0. The topological polar surface area (TPSA) is 90.9 Å². The summed E-state index contributed by atoms with van der Waals surface area (Å²) in [5.74, 6) is -0.0105. The predicted molar refractivity (Wildman–Crippen MR) is 67.3 cm³/mol. The van der Waals surface area contributed by atoms with Gasteiger partial charge in [-0.3, -0.25) is 9.89 Å². The van der Waals surface area contributed by atoms with Crippen LogP contribution in [0, 0.1) is 0 Å². The van der Waals surface area contributed by atoms with Gasteiger partial charge in [0.25, 0.3) is 0 Å². The van der Waals surface area contributed by atoms with E-state index in [1.54, 1.807) is 0 Å². The smallest absolute Gasteiger partial charge is 0.308 e. The average molecular weight is 266 g/mol. The number of carboxylic acids is 1. The number of aromatic amines is 1. The summed E-state index contributed by atoms with van der Waals surface area (Å²) >= 11 is 1.51. The number of hydrogen-bond donors (Lipinski definition) is 3. The van der Waals surface area contributed by atoms with E-state index in [0.717, 1.165) is 15.6 Å². The predicted octanol–water partition coefficient (Wildman–Crippen LogP) is 1.34. The molecule has 0 aliphatic carbocycles. The van der Waals surface area contributed by atoms with Gasteiger partial charge in [0.1, 0.15) is 12.2 Å². The Morgan fingerprint density at radius 2 is 2.33 bits per heavy atom. The van der Waals surface area contributed by atoms with E-state index in [2.05, 4.69) is 20.5 Å². The maximum Gasteiger partial charge on any atom is 0.308 e. The third-order valence-electron chi connectivity index (χ3n) is 2.47. The molecule has 0 radical (unpaired) electrons. The molecule has 2 heterocycles. The third-order valence-corrected chi connectivity index (χ3v) is 3.55. The molecule has 2 aromatic rings. The average Bonchev–Trinajstić information content (AvgIpc) is 2.95. The SMILES string of the molecule is CC(NCc1ccc(CC(=O)O)s1)c1ncn[nH]1. The highest BCUT2D eigenvalue weighted by Gasteiger charge is 2.09. The second kappa shape index (κ2) is 5.74. The Morgan fingerprint density at radius 1 is 1.56 bits per heavy atom. The zero-order valence-electron chi connectivity index (χ0n) is 9.88. The molecule has 2 aromatic heterocycles. The van der Waals surface area contributed by atoms with Crippen molar-refractivity contribution in [1.29, 1.82) is 0 Å². The van der Waals surface area contributed by atoms with Crippen LogP contribution in [-0.4, -0.2) is 26.3 Å². The summed E-state index contributed by atoms with van der Waals surface area (Å²) in [6.07, 6.45) is 1.56. The number of carboxylic acid groups (broad SMARTS) is 1. The Labute approximate surface area is 108 Å². The monoisotopic (exact) mass is 266 g/mol. The van der Waals surface area contributed by atoms with E-state index in [4.69, 9.17) is 5.11 Å². The summed E-state index contributed by atoms with van der Waals surface area (Å²) in [4.78, 5) is 16.6.